The Morgan fingerprint density at radius 3 is 2.45 bits per heavy atom. The summed E-state index contributed by atoms with van der Waals surface area (Å²) in [5.41, 5.74) is -1.73. The van der Waals surface area contributed by atoms with Gasteiger partial charge in [-0.2, -0.15) is 15.8 Å². The van der Waals surface area contributed by atoms with Crippen molar-refractivity contribution in [3.05, 3.63) is 77.4 Å². The third-order valence-electron chi connectivity index (χ3n) is 7.85. The van der Waals surface area contributed by atoms with Gasteiger partial charge in [0.25, 0.3) is 0 Å². The summed E-state index contributed by atoms with van der Waals surface area (Å²) in [6, 6.07) is 22.7. The number of ether oxygens (including phenoxy) is 1. The number of anilines is 1. The summed E-state index contributed by atoms with van der Waals surface area (Å²) in [4.78, 5) is 30.4. The molecule has 1 aliphatic carbocycles. The summed E-state index contributed by atoms with van der Waals surface area (Å²) in [5.74, 6) is -2.70. The van der Waals surface area contributed by atoms with E-state index < -0.39 is 40.4 Å². The molecule has 3 atom stereocenters. The quantitative estimate of drug-likeness (QED) is 0.631. The van der Waals surface area contributed by atoms with E-state index in [-0.39, 0.29) is 31.8 Å². The van der Waals surface area contributed by atoms with Crippen LogP contribution in [-0.4, -0.2) is 42.3 Å². The highest BCUT2D eigenvalue weighted by Gasteiger charge is 2.70. The second kappa shape index (κ2) is 9.18. The predicted octanol–water partition coefficient (Wildman–Crippen LogP) is 3.69. The molecule has 0 radical (unpaired) electrons. The molecule has 2 amide bonds. The van der Waals surface area contributed by atoms with Crippen LogP contribution >= 0.6 is 0 Å². The Labute approximate surface area is 220 Å². The number of hydrogen-bond donors (Lipinski definition) is 1. The van der Waals surface area contributed by atoms with Crippen molar-refractivity contribution in [1.29, 1.82) is 21.2 Å². The van der Waals surface area contributed by atoms with Gasteiger partial charge in [-0.05, 0) is 29.7 Å². The maximum absolute atomic E-state index is 14.7. The number of carbonyl (C=O) groups is 2. The molecule has 0 saturated heterocycles. The van der Waals surface area contributed by atoms with Gasteiger partial charge < -0.3 is 19.9 Å². The first-order chi connectivity index (χ1) is 18.4. The van der Waals surface area contributed by atoms with Crippen LogP contribution in [0.4, 0.5) is 10.5 Å². The number of para-hydroxylation sites is 1. The molecular weight excluding hydrogens is 480 g/mol. The Balaban J connectivity index is 1.76. The van der Waals surface area contributed by atoms with Crippen LogP contribution in [0, 0.1) is 56.7 Å². The highest BCUT2D eigenvalue weighted by molar-refractivity contribution is 6.15. The Kier molecular flexibility index (Phi) is 5.97. The monoisotopic (exact) mass is 504 g/mol. The highest BCUT2D eigenvalue weighted by atomic mass is 16.6. The zero-order chi connectivity index (χ0) is 27.1. The van der Waals surface area contributed by atoms with Crippen molar-refractivity contribution < 1.29 is 14.3 Å². The summed E-state index contributed by atoms with van der Waals surface area (Å²) in [7, 11) is 0. The van der Waals surface area contributed by atoms with Gasteiger partial charge in [0.1, 0.15) is 11.3 Å². The minimum Gasteiger partial charge on any atom is -0.450 e. The molecule has 1 N–H and O–H groups in total. The van der Waals surface area contributed by atoms with Crippen LogP contribution in [0.25, 0.3) is 0 Å². The lowest BCUT2D eigenvalue weighted by atomic mass is 9.48. The van der Waals surface area contributed by atoms with Gasteiger partial charge in [0.05, 0.1) is 37.1 Å². The standard InChI is InChI=1S/C29H24N6O3/c1-2-38-27(37)34-13-12-20-23(16-34)29(22(14-30)25(33)28(20,17-31)18-32)21-10-6-7-11-24(21)35(26(29)36)15-19-8-4-3-5-9-19/h3-12,22-23,33H,2,13,15-16H2,1H3/t22-,23+,29-/m0/s1. The number of nitrogens with one attached hydrogen (secondary N) is 1. The second-order valence-corrected chi connectivity index (χ2v) is 9.53. The van der Waals surface area contributed by atoms with E-state index in [1.165, 1.54) is 4.90 Å². The molecule has 3 aliphatic rings. The zero-order valence-corrected chi connectivity index (χ0v) is 20.7. The number of amides is 2. The van der Waals surface area contributed by atoms with Crippen molar-refractivity contribution in [2.45, 2.75) is 18.9 Å². The average Bonchev–Trinajstić information content (AvgIpc) is 3.18. The lowest BCUT2D eigenvalue weighted by Crippen LogP contribution is -2.64. The van der Waals surface area contributed by atoms with Gasteiger partial charge in [0, 0.05) is 24.7 Å². The van der Waals surface area contributed by atoms with Gasteiger partial charge in [-0.25, -0.2) is 4.79 Å². The first-order valence-electron chi connectivity index (χ1n) is 12.3. The van der Waals surface area contributed by atoms with Gasteiger partial charge in [0.2, 0.25) is 11.3 Å². The van der Waals surface area contributed by atoms with E-state index in [0.717, 1.165) is 5.56 Å². The van der Waals surface area contributed by atoms with E-state index in [0.29, 0.717) is 11.3 Å². The fourth-order valence-corrected chi connectivity index (χ4v) is 6.20. The SMILES string of the molecule is CCOC(=O)N1CC=C2[C@@H](C1)[C@@]1(C(=O)N(Cc3ccccc3)c3ccccc31)[C@@H](C#N)C(=N)C2(C#N)C#N. The molecule has 0 aromatic heterocycles. The summed E-state index contributed by atoms with van der Waals surface area (Å²) in [6.45, 7) is 2.09. The van der Waals surface area contributed by atoms with Crippen molar-refractivity contribution in [3.8, 4) is 18.2 Å². The van der Waals surface area contributed by atoms with Crippen molar-refractivity contribution in [2.24, 2.45) is 17.3 Å². The predicted molar refractivity (Wildman–Crippen MR) is 136 cm³/mol. The average molecular weight is 505 g/mol. The molecule has 9 nitrogen and oxygen atoms in total. The van der Waals surface area contributed by atoms with E-state index in [2.05, 4.69) is 6.07 Å². The van der Waals surface area contributed by atoms with E-state index in [1.807, 2.05) is 42.5 Å². The lowest BCUT2D eigenvalue weighted by molar-refractivity contribution is -0.126. The topological polar surface area (TPSA) is 145 Å². The fraction of sp³-hybridized carbons (Fsp3) is 0.310. The molecule has 2 heterocycles. The summed E-state index contributed by atoms with van der Waals surface area (Å²) >= 11 is 0. The lowest BCUT2D eigenvalue weighted by Gasteiger charge is -2.51. The van der Waals surface area contributed by atoms with Crippen molar-refractivity contribution in [1.82, 2.24) is 4.90 Å². The summed E-state index contributed by atoms with van der Waals surface area (Å²) in [6.07, 6.45) is 0.989. The first kappa shape index (κ1) is 24.7. The van der Waals surface area contributed by atoms with Crippen LogP contribution in [0.3, 0.4) is 0 Å². The normalized spacial score (nSPS) is 24.9. The highest BCUT2D eigenvalue weighted by Crippen LogP contribution is 2.61. The Morgan fingerprint density at radius 1 is 1.11 bits per heavy atom. The van der Waals surface area contributed by atoms with Gasteiger partial charge in [0.15, 0.2) is 0 Å². The Morgan fingerprint density at radius 2 is 1.79 bits per heavy atom. The molecule has 1 saturated carbocycles. The zero-order valence-electron chi connectivity index (χ0n) is 20.7. The third kappa shape index (κ3) is 3.17. The molecule has 5 rings (SSSR count). The van der Waals surface area contributed by atoms with Gasteiger partial charge in [-0.3, -0.25) is 4.79 Å². The Bertz CT molecular complexity index is 1480. The molecule has 1 spiro atoms. The van der Waals surface area contributed by atoms with Crippen molar-refractivity contribution in [2.75, 3.05) is 24.6 Å². The summed E-state index contributed by atoms with van der Waals surface area (Å²) < 4.78 is 5.21. The van der Waals surface area contributed by atoms with E-state index in [9.17, 15) is 25.4 Å². The van der Waals surface area contributed by atoms with Gasteiger partial charge in [-0.1, -0.05) is 54.6 Å². The first-order valence-corrected chi connectivity index (χ1v) is 12.3. The van der Waals surface area contributed by atoms with E-state index in [4.69, 9.17) is 10.1 Å². The molecular formula is C29H24N6O3. The number of carbonyl (C=O) groups excluding carboxylic acids is 2. The number of benzene rings is 2. The molecule has 188 valence electrons. The van der Waals surface area contributed by atoms with Gasteiger partial charge in [-0.15, -0.1) is 0 Å². The van der Waals surface area contributed by atoms with Crippen LogP contribution < -0.4 is 4.90 Å². The number of nitrogens with zero attached hydrogens (tertiary/aromatic N) is 5. The van der Waals surface area contributed by atoms with E-state index >= 15 is 0 Å². The van der Waals surface area contributed by atoms with Crippen LogP contribution in [-0.2, 0) is 21.5 Å². The minimum atomic E-state index is -2.01. The smallest absolute Gasteiger partial charge is 0.410 e. The molecule has 2 aromatic rings. The Hall–Kier alpha value is -4.94. The van der Waals surface area contributed by atoms with Crippen molar-refractivity contribution >= 4 is 23.4 Å². The molecule has 1 fully saturated rings. The number of nitriles is 3. The van der Waals surface area contributed by atoms with E-state index in [1.54, 1.807) is 42.2 Å². The number of fused-ring (bicyclic) bond motifs is 4. The maximum atomic E-state index is 14.7. The summed E-state index contributed by atoms with van der Waals surface area (Å²) in [5, 5.41) is 39.9. The van der Waals surface area contributed by atoms with Crippen LogP contribution in [0.5, 0.6) is 0 Å². The third-order valence-corrected chi connectivity index (χ3v) is 7.85. The largest absolute Gasteiger partial charge is 0.450 e. The number of hydrogen-bond acceptors (Lipinski definition) is 7. The molecule has 2 aromatic carbocycles. The molecule has 9 heteroatoms. The van der Waals surface area contributed by atoms with Crippen molar-refractivity contribution in [3.63, 3.8) is 0 Å². The number of rotatable bonds is 3. The molecule has 38 heavy (non-hydrogen) atoms. The molecule has 2 aliphatic heterocycles. The van der Waals surface area contributed by atoms with Crippen LogP contribution in [0.15, 0.2) is 66.2 Å². The fourth-order valence-electron chi connectivity index (χ4n) is 6.20. The second-order valence-electron chi connectivity index (χ2n) is 9.53. The van der Waals surface area contributed by atoms with Crippen LogP contribution in [0.1, 0.15) is 18.1 Å². The van der Waals surface area contributed by atoms with Gasteiger partial charge >= 0.3 is 6.09 Å². The minimum absolute atomic E-state index is 0.0412. The molecule has 0 bridgehead atoms. The maximum Gasteiger partial charge on any atom is 0.410 e. The molecule has 0 unspecified atom stereocenters. The van der Waals surface area contributed by atoms with Crippen LogP contribution in [0.2, 0.25) is 0 Å².